The molecule has 2 aliphatic carbocycles. The highest BCUT2D eigenvalue weighted by Crippen LogP contribution is 2.67. The Bertz CT molecular complexity index is 631. The van der Waals surface area contributed by atoms with Crippen molar-refractivity contribution < 1.29 is 29.3 Å². The number of fused-ring (bicyclic) bond motifs is 2. The number of carboxylic acid groups (broad SMARTS) is 2. The fraction of sp³-hybridized carbons (Fsp3) is 0.810. The van der Waals surface area contributed by atoms with Crippen LogP contribution in [0.3, 0.4) is 0 Å². The molecule has 2 aliphatic heterocycles. The summed E-state index contributed by atoms with van der Waals surface area (Å²) < 4.78 is 10.9. The van der Waals surface area contributed by atoms with Crippen LogP contribution in [0.15, 0.2) is 12.2 Å². The third kappa shape index (κ3) is 2.72. The average molecular weight is 406 g/mol. The van der Waals surface area contributed by atoms with Gasteiger partial charge < -0.3 is 29.3 Å². The first-order valence-corrected chi connectivity index (χ1v) is 10.6. The quantitative estimate of drug-likeness (QED) is 0.472. The van der Waals surface area contributed by atoms with Crippen LogP contribution < -0.4 is 10.2 Å². The second kappa shape index (κ2) is 7.65. The van der Waals surface area contributed by atoms with Crippen molar-refractivity contribution >= 4 is 11.9 Å². The van der Waals surface area contributed by atoms with Crippen LogP contribution in [-0.4, -0.2) is 86.4 Å². The Morgan fingerprint density at radius 1 is 0.828 bits per heavy atom. The van der Waals surface area contributed by atoms with Gasteiger partial charge in [-0.2, -0.15) is 0 Å². The molecule has 3 fully saturated rings. The van der Waals surface area contributed by atoms with E-state index in [1.165, 1.54) is 0 Å². The number of carbonyl (C=O) groups is 2. The summed E-state index contributed by atoms with van der Waals surface area (Å²) in [6, 6.07) is -1.03. The molecule has 0 radical (unpaired) electrons. The van der Waals surface area contributed by atoms with Crippen LogP contribution in [0.1, 0.15) is 20.3 Å². The van der Waals surface area contributed by atoms with Crippen molar-refractivity contribution in [1.29, 1.82) is 0 Å². The number of rotatable bonds is 6. The van der Waals surface area contributed by atoms with Gasteiger partial charge in [-0.1, -0.05) is 12.2 Å². The van der Waals surface area contributed by atoms with Gasteiger partial charge in [0.1, 0.15) is 0 Å². The van der Waals surface area contributed by atoms with Crippen molar-refractivity contribution in [2.75, 3.05) is 52.6 Å². The molecular weight excluding hydrogens is 376 g/mol. The molecule has 4 rings (SSSR count). The number of hydrogen-bond donors (Lipinski definition) is 0. The normalized spacial score (nSPS) is 40.1. The van der Waals surface area contributed by atoms with Crippen LogP contribution in [0.5, 0.6) is 0 Å². The average Bonchev–Trinajstić information content (AvgIpc) is 3.33. The molecule has 29 heavy (non-hydrogen) atoms. The molecule has 6 unspecified atom stereocenters. The Balaban J connectivity index is 1.85. The number of aliphatic carboxylic acids is 2. The second-order valence-electron chi connectivity index (χ2n) is 8.80. The van der Waals surface area contributed by atoms with Gasteiger partial charge in [-0.15, -0.1) is 0 Å². The van der Waals surface area contributed by atoms with Crippen LogP contribution in [-0.2, 0) is 19.1 Å². The minimum atomic E-state index is -1.57. The molecule has 0 aromatic rings. The number of morpholine rings is 2. The fourth-order valence-corrected chi connectivity index (χ4v) is 6.79. The van der Waals surface area contributed by atoms with Crippen molar-refractivity contribution in [3.8, 4) is 0 Å². The summed E-state index contributed by atoms with van der Waals surface area (Å²) in [4.78, 5) is 30.0. The Labute approximate surface area is 171 Å². The summed E-state index contributed by atoms with van der Waals surface area (Å²) in [5.74, 6) is -3.34. The molecule has 2 saturated heterocycles. The monoisotopic (exact) mass is 406 g/mol. The highest BCUT2D eigenvalue weighted by atomic mass is 16.5. The number of ether oxygens (including phenoxy) is 2. The molecule has 6 atom stereocenters. The van der Waals surface area contributed by atoms with Crippen LogP contribution >= 0.6 is 0 Å². The SMILES string of the molecule is CC(N1CCOCC1)C1(C(=O)[O-])C2C=CC(C2)C1(C(=O)[O-])C(C)N1CCOCC1. The van der Waals surface area contributed by atoms with Gasteiger partial charge in [0.25, 0.3) is 0 Å². The molecule has 0 spiro atoms. The van der Waals surface area contributed by atoms with Gasteiger partial charge >= 0.3 is 0 Å². The minimum absolute atomic E-state index is 0.392. The minimum Gasteiger partial charge on any atom is -0.549 e. The molecule has 0 aromatic heterocycles. The van der Waals surface area contributed by atoms with E-state index in [0.29, 0.717) is 59.0 Å². The highest BCUT2D eigenvalue weighted by Gasteiger charge is 2.72. The van der Waals surface area contributed by atoms with Gasteiger partial charge in [-0.05, 0) is 32.1 Å². The van der Waals surface area contributed by atoms with Crippen molar-refractivity contribution in [3.63, 3.8) is 0 Å². The maximum Gasteiger partial charge on any atom is 0.0594 e. The van der Waals surface area contributed by atoms with Gasteiger partial charge in [-0.25, -0.2) is 0 Å². The molecule has 8 heteroatoms. The topological polar surface area (TPSA) is 105 Å². The zero-order chi connectivity index (χ0) is 20.8. The largest absolute Gasteiger partial charge is 0.549 e. The van der Waals surface area contributed by atoms with Gasteiger partial charge in [0.2, 0.25) is 0 Å². The standard InChI is InChI=1S/C21H32N2O6/c1-14(22-5-9-28-10-6-22)20(18(24)25)16-3-4-17(13-16)21(20,19(26)27)15(2)23-7-11-29-12-8-23/h3-4,14-17H,5-13H2,1-2H3,(H,24,25)(H,26,27)/p-2. The molecule has 2 heterocycles. The lowest BCUT2D eigenvalue weighted by molar-refractivity contribution is -0.354. The molecule has 4 aliphatic rings. The van der Waals surface area contributed by atoms with Crippen molar-refractivity contribution in [2.24, 2.45) is 22.7 Å². The van der Waals surface area contributed by atoms with E-state index in [0.717, 1.165) is 0 Å². The Morgan fingerprint density at radius 3 is 1.48 bits per heavy atom. The summed E-state index contributed by atoms with van der Waals surface area (Å²) in [6.45, 7) is 8.03. The van der Waals surface area contributed by atoms with Gasteiger partial charge in [0.15, 0.2) is 0 Å². The van der Waals surface area contributed by atoms with Gasteiger partial charge in [0.05, 0.1) is 38.4 Å². The van der Waals surface area contributed by atoms with E-state index >= 15 is 0 Å². The smallest absolute Gasteiger partial charge is 0.0594 e. The molecule has 1 saturated carbocycles. The Kier molecular flexibility index (Phi) is 5.48. The summed E-state index contributed by atoms with van der Waals surface area (Å²) in [5, 5.41) is 25.9. The van der Waals surface area contributed by atoms with Crippen LogP contribution in [0.2, 0.25) is 0 Å². The number of carbonyl (C=O) groups excluding carboxylic acids is 2. The van der Waals surface area contributed by atoms with E-state index in [1.54, 1.807) is 0 Å². The summed E-state index contributed by atoms with van der Waals surface area (Å²) >= 11 is 0. The van der Waals surface area contributed by atoms with E-state index < -0.39 is 46.7 Å². The number of allylic oxidation sites excluding steroid dienone is 2. The Hall–Kier alpha value is -1.48. The summed E-state index contributed by atoms with van der Waals surface area (Å²) in [7, 11) is 0. The van der Waals surface area contributed by atoms with Gasteiger partial charge in [0, 0.05) is 49.1 Å². The van der Waals surface area contributed by atoms with Crippen molar-refractivity contribution in [1.82, 2.24) is 9.80 Å². The number of hydrogen-bond acceptors (Lipinski definition) is 8. The second-order valence-corrected chi connectivity index (χ2v) is 8.80. The molecule has 0 amide bonds. The predicted molar refractivity (Wildman–Crippen MR) is 99.3 cm³/mol. The van der Waals surface area contributed by atoms with Crippen LogP contribution in [0.25, 0.3) is 0 Å². The van der Waals surface area contributed by atoms with Crippen LogP contribution in [0.4, 0.5) is 0 Å². The molecule has 162 valence electrons. The Morgan fingerprint density at radius 2 is 1.17 bits per heavy atom. The third-order valence-electron chi connectivity index (χ3n) is 8.12. The first-order chi connectivity index (χ1) is 13.9. The lowest BCUT2D eigenvalue weighted by atomic mass is 9.51. The van der Waals surface area contributed by atoms with Gasteiger partial charge in [-0.3, -0.25) is 9.80 Å². The number of nitrogens with zero attached hydrogens (tertiary/aromatic N) is 2. The van der Waals surface area contributed by atoms with E-state index in [2.05, 4.69) is 9.80 Å². The highest BCUT2D eigenvalue weighted by molar-refractivity contribution is 5.89. The third-order valence-corrected chi connectivity index (χ3v) is 8.12. The molecular formula is C21H30N2O6-2. The maximum atomic E-state index is 13.0. The molecule has 8 nitrogen and oxygen atoms in total. The summed E-state index contributed by atoms with van der Waals surface area (Å²) in [6.07, 6.45) is 4.29. The number of carboxylic acids is 2. The van der Waals surface area contributed by atoms with E-state index in [-0.39, 0.29) is 0 Å². The van der Waals surface area contributed by atoms with E-state index in [9.17, 15) is 19.8 Å². The lowest BCUT2D eigenvalue weighted by Gasteiger charge is -2.62. The first kappa shape index (κ1) is 20.8. The first-order valence-electron chi connectivity index (χ1n) is 10.6. The fourth-order valence-electron chi connectivity index (χ4n) is 6.79. The van der Waals surface area contributed by atoms with Crippen molar-refractivity contribution in [3.05, 3.63) is 12.2 Å². The zero-order valence-electron chi connectivity index (χ0n) is 17.2. The molecule has 0 aromatic carbocycles. The van der Waals surface area contributed by atoms with Crippen molar-refractivity contribution in [2.45, 2.75) is 32.4 Å². The molecule has 0 N–H and O–H groups in total. The summed E-state index contributed by atoms with van der Waals surface area (Å²) in [5.41, 5.74) is -3.14. The zero-order valence-corrected chi connectivity index (χ0v) is 17.2. The van der Waals surface area contributed by atoms with E-state index in [4.69, 9.17) is 9.47 Å². The molecule has 2 bridgehead atoms. The maximum absolute atomic E-state index is 13.0. The van der Waals surface area contributed by atoms with Crippen LogP contribution in [0, 0.1) is 22.7 Å². The predicted octanol–water partition coefficient (Wildman–Crippen LogP) is -1.89. The van der Waals surface area contributed by atoms with E-state index in [1.807, 2.05) is 26.0 Å². The lowest BCUT2D eigenvalue weighted by Crippen LogP contribution is -2.74.